The van der Waals surface area contributed by atoms with E-state index in [1.807, 2.05) is 6.07 Å². The molecule has 0 aliphatic carbocycles. The Morgan fingerprint density at radius 3 is 2.82 bits per heavy atom. The average Bonchev–Trinajstić information content (AvgIpc) is 3.05. The van der Waals surface area contributed by atoms with E-state index in [1.165, 1.54) is 6.20 Å². The summed E-state index contributed by atoms with van der Waals surface area (Å²) in [5.74, 6) is 0.399. The zero-order valence-corrected chi connectivity index (χ0v) is 12.2. The highest BCUT2D eigenvalue weighted by atomic mass is 16.1. The Morgan fingerprint density at radius 2 is 2.32 bits per heavy atom. The van der Waals surface area contributed by atoms with Crippen LogP contribution in [0.2, 0.25) is 0 Å². The van der Waals surface area contributed by atoms with E-state index in [-0.39, 0.29) is 12.3 Å². The van der Waals surface area contributed by atoms with Gasteiger partial charge in [0, 0.05) is 19.3 Å². The smallest absolute Gasteiger partial charge is 0.186 e. The molecule has 0 bridgehead atoms. The third kappa shape index (κ3) is 3.22. The number of nitrogens with zero attached hydrogens (tertiary/aromatic N) is 4. The number of carbonyl (C=O) groups is 1. The van der Waals surface area contributed by atoms with Crippen molar-refractivity contribution in [2.45, 2.75) is 18.4 Å². The van der Waals surface area contributed by atoms with Gasteiger partial charge in [0.1, 0.15) is 11.9 Å². The number of hydrogen-bond donors (Lipinski definition) is 2. The first kappa shape index (κ1) is 15.9. The van der Waals surface area contributed by atoms with Crippen molar-refractivity contribution in [2.24, 2.45) is 5.73 Å². The summed E-state index contributed by atoms with van der Waals surface area (Å²) < 4.78 is 0. The monoisotopic (exact) mass is 298 g/mol. The molecule has 2 rings (SSSR count). The fourth-order valence-electron chi connectivity index (χ4n) is 2.52. The van der Waals surface area contributed by atoms with Crippen molar-refractivity contribution < 1.29 is 4.79 Å². The van der Waals surface area contributed by atoms with E-state index in [4.69, 9.17) is 11.0 Å². The van der Waals surface area contributed by atoms with E-state index in [0.717, 1.165) is 6.42 Å². The zero-order valence-electron chi connectivity index (χ0n) is 12.2. The fraction of sp³-hybridized carbons (Fsp3) is 0.467. The summed E-state index contributed by atoms with van der Waals surface area (Å²) in [4.78, 5) is 18.5. The van der Waals surface area contributed by atoms with Crippen molar-refractivity contribution in [1.29, 1.82) is 10.5 Å². The van der Waals surface area contributed by atoms with Gasteiger partial charge in [0.05, 0.1) is 18.2 Å². The largest absolute Gasteiger partial charge is 0.348 e. The van der Waals surface area contributed by atoms with E-state index in [9.17, 15) is 10.1 Å². The predicted octanol–water partition coefficient (Wildman–Crippen LogP) is -0.0667. The molecule has 1 aromatic heterocycles. The maximum Gasteiger partial charge on any atom is 0.186 e. The molecule has 0 saturated carbocycles. The van der Waals surface area contributed by atoms with Crippen molar-refractivity contribution >= 4 is 11.6 Å². The van der Waals surface area contributed by atoms with Gasteiger partial charge in [-0.05, 0) is 31.5 Å². The molecule has 2 heterocycles. The molecular formula is C15H18N6O. The molecule has 7 nitrogen and oxygen atoms in total. The molecule has 3 N–H and O–H groups in total. The molecule has 1 aliphatic rings. The van der Waals surface area contributed by atoms with E-state index in [0.29, 0.717) is 37.4 Å². The summed E-state index contributed by atoms with van der Waals surface area (Å²) in [7, 11) is 0. The number of anilines is 1. The quantitative estimate of drug-likeness (QED) is 0.754. The van der Waals surface area contributed by atoms with Gasteiger partial charge in [-0.1, -0.05) is 0 Å². The summed E-state index contributed by atoms with van der Waals surface area (Å²) in [5, 5.41) is 21.1. The molecular weight excluding hydrogens is 280 g/mol. The molecule has 1 aliphatic heterocycles. The summed E-state index contributed by atoms with van der Waals surface area (Å²) in [6, 6.07) is 7.44. The van der Waals surface area contributed by atoms with Crippen LogP contribution in [0.5, 0.6) is 0 Å². The maximum atomic E-state index is 12.5. The minimum absolute atomic E-state index is 0.0661. The zero-order chi connectivity index (χ0) is 16.0. The number of rotatable bonds is 6. The number of pyridine rings is 1. The molecule has 1 fully saturated rings. The molecule has 22 heavy (non-hydrogen) atoms. The average molecular weight is 298 g/mol. The van der Waals surface area contributed by atoms with Crippen molar-refractivity contribution in [3.63, 3.8) is 0 Å². The van der Waals surface area contributed by atoms with Gasteiger partial charge in [0.2, 0.25) is 0 Å². The third-order valence-electron chi connectivity index (χ3n) is 3.76. The number of nitrogens with one attached hydrogen (secondary N) is 1. The van der Waals surface area contributed by atoms with Gasteiger partial charge >= 0.3 is 0 Å². The third-order valence-corrected chi connectivity index (χ3v) is 3.76. The van der Waals surface area contributed by atoms with Crippen LogP contribution < -0.4 is 16.0 Å². The fourth-order valence-corrected chi connectivity index (χ4v) is 2.52. The number of carbonyl (C=O) groups excluding carboxylic acids is 1. The lowest BCUT2D eigenvalue weighted by atomic mass is 9.93. The summed E-state index contributed by atoms with van der Waals surface area (Å²) >= 11 is 0. The molecule has 0 aromatic carbocycles. The number of nitriles is 2. The highest BCUT2D eigenvalue weighted by molar-refractivity contribution is 5.95. The Hall–Kier alpha value is -2.48. The van der Waals surface area contributed by atoms with Gasteiger partial charge in [0.15, 0.2) is 11.3 Å². The lowest BCUT2D eigenvalue weighted by Crippen LogP contribution is -2.51. The van der Waals surface area contributed by atoms with Gasteiger partial charge in [-0.25, -0.2) is 4.98 Å². The van der Waals surface area contributed by atoms with E-state index in [2.05, 4.69) is 16.4 Å². The second-order valence-corrected chi connectivity index (χ2v) is 5.20. The number of aromatic nitrogens is 1. The Morgan fingerprint density at radius 1 is 1.50 bits per heavy atom. The molecule has 1 aromatic rings. The van der Waals surface area contributed by atoms with Crippen molar-refractivity contribution in [1.82, 2.24) is 10.3 Å². The first-order valence-electron chi connectivity index (χ1n) is 7.16. The van der Waals surface area contributed by atoms with Crippen LogP contribution in [0.15, 0.2) is 18.3 Å². The van der Waals surface area contributed by atoms with E-state index in [1.54, 1.807) is 17.0 Å². The molecule has 1 saturated heterocycles. The van der Waals surface area contributed by atoms with Crippen LogP contribution in [0.25, 0.3) is 0 Å². The summed E-state index contributed by atoms with van der Waals surface area (Å²) in [6.45, 7) is 1.55. The summed E-state index contributed by atoms with van der Waals surface area (Å²) in [6.07, 6.45) is 2.79. The Labute approximate surface area is 129 Å². The molecule has 7 heteroatoms. The van der Waals surface area contributed by atoms with Crippen LogP contribution in [0.1, 0.15) is 18.4 Å². The highest BCUT2D eigenvalue weighted by Crippen LogP contribution is 2.21. The van der Waals surface area contributed by atoms with Gasteiger partial charge < -0.3 is 10.6 Å². The minimum Gasteiger partial charge on any atom is -0.348 e. The predicted molar refractivity (Wildman–Crippen MR) is 80.8 cm³/mol. The van der Waals surface area contributed by atoms with Crippen LogP contribution in [-0.2, 0) is 4.79 Å². The van der Waals surface area contributed by atoms with Gasteiger partial charge in [-0.15, -0.1) is 0 Å². The van der Waals surface area contributed by atoms with Gasteiger partial charge in [-0.2, -0.15) is 10.5 Å². The first-order chi connectivity index (χ1) is 10.6. The molecule has 0 unspecified atom stereocenters. The Bertz CT molecular complexity index is 606. The molecule has 0 radical (unpaired) electrons. The SMILES string of the molecule is N#Cc1ccc(N(CCN)CC(=O)[C@@]2(C#N)CCCN2)nc1. The normalized spacial score (nSPS) is 20.1. The molecule has 0 amide bonds. The van der Waals surface area contributed by atoms with Crippen LogP contribution in [0.3, 0.4) is 0 Å². The number of ketones is 1. The number of hydrogen-bond acceptors (Lipinski definition) is 7. The van der Waals surface area contributed by atoms with Gasteiger partial charge in [0.25, 0.3) is 0 Å². The van der Waals surface area contributed by atoms with Crippen LogP contribution in [0.4, 0.5) is 5.82 Å². The van der Waals surface area contributed by atoms with E-state index >= 15 is 0 Å². The van der Waals surface area contributed by atoms with Crippen molar-refractivity contribution in [2.75, 3.05) is 31.1 Å². The lowest BCUT2D eigenvalue weighted by molar-refractivity contribution is -0.121. The Kier molecular flexibility index (Phi) is 5.05. The van der Waals surface area contributed by atoms with E-state index < -0.39 is 5.54 Å². The first-order valence-corrected chi connectivity index (χ1v) is 7.16. The molecule has 1 atom stereocenters. The van der Waals surface area contributed by atoms with Gasteiger partial charge in [-0.3, -0.25) is 10.1 Å². The second kappa shape index (κ2) is 6.99. The van der Waals surface area contributed by atoms with Crippen LogP contribution in [0, 0.1) is 22.7 Å². The lowest BCUT2D eigenvalue weighted by Gasteiger charge is -2.27. The number of Topliss-reactive ketones (excluding diaryl/α,β-unsaturated/α-hetero) is 1. The van der Waals surface area contributed by atoms with Crippen molar-refractivity contribution in [3.05, 3.63) is 23.9 Å². The highest BCUT2D eigenvalue weighted by Gasteiger charge is 2.41. The maximum absolute atomic E-state index is 12.5. The van der Waals surface area contributed by atoms with Crippen molar-refractivity contribution in [3.8, 4) is 12.1 Å². The summed E-state index contributed by atoms with van der Waals surface area (Å²) in [5.41, 5.74) is 4.96. The molecule has 0 spiro atoms. The second-order valence-electron chi connectivity index (χ2n) is 5.20. The molecule has 114 valence electrons. The van der Waals surface area contributed by atoms with Crippen LogP contribution >= 0.6 is 0 Å². The minimum atomic E-state index is -1.10. The van der Waals surface area contributed by atoms with Crippen LogP contribution in [-0.4, -0.2) is 42.5 Å². The standard InChI is InChI=1S/C15H18N6O/c16-5-7-21(14-3-2-12(8-17)9-19-14)10-13(22)15(11-18)4-1-6-20-15/h2-3,9,20H,1,4-7,10,16H2/t15-/m0/s1. The topological polar surface area (TPSA) is 119 Å². The Balaban J connectivity index is 2.16. The number of nitrogens with two attached hydrogens (primary N) is 1.